The lowest BCUT2D eigenvalue weighted by atomic mass is 10.1. The van der Waals surface area contributed by atoms with Gasteiger partial charge in [0.1, 0.15) is 11.2 Å². The van der Waals surface area contributed by atoms with E-state index in [1.165, 1.54) is 6.20 Å². The third kappa shape index (κ3) is 1.11. The third-order valence-corrected chi connectivity index (χ3v) is 2.90. The van der Waals surface area contributed by atoms with Crippen LogP contribution in [0.1, 0.15) is 5.56 Å². The van der Waals surface area contributed by atoms with Crippen LogP contribution in [-0.2, 0) is 0 Å². The Kier molecular flexibility index (Phi) is 1.85. The number of halogens is 1. The van der Waals surface area contributed by atoms with E-state index in [2.05, 4.69) is 16.0 Å². The van der Waals surface area contributed by atoms with Crippen LogP contribution in [-0.4, -0.2) is 9.97 Å². The maximum Gasteiger partial charge on any atom is 0.139 e. The van der Waals surface area contributed by atoms with Crippen molar-refractivity contribution in [3.8, 4) is 6.07 Å². The molecule has 1 N–H and O–H groups in total. The van der Waals surface area contributed by atoms with Crippen LogP contribution in [0.2, 0.25) is 5.15 Å². The van der Waals surface area contributed by atoms with Gasteiger partial charge in [-0.25, -0.2) is 4.98 Å². The Balaban J connectivity index is 2.64. The number of nitrogens with zero attached hydrogens (tertiary/aromatic N) is 2. The lowest BCUT2D eigenvalue weighted by molar-refractivity contribution is 1.33. The summed E-state index contributed by atoms with van der Waals surface area (Å²) in [7, 11) is 0. The average molecular weight is 228 g/mol. The summed E-state index contributed by atoms with van der Waals surface area (Å²) in [5.41, 5.74) is 2.23. The van der Waals surface area contributed by atoms with E-state index in [1.54, 1.807) is 0 Å². The number of nitriles is 1. The van der Waals surface area contributed by atoms with Gasteiger partial charge in [0.25, 0.3) is 0 Å². The number of hydrogen-bond donors (Lipinski definition) is 1. The predicted molar refractivity (Wildman–Crippen MR) is 63.3 cm³/mol. The van der Waals surface area contributed by atoms with Crippen LogP contribution in [0.4, 0.5) is 0 Å². The predicted octanol–water partition coefficient (Wildman–Crippen LogP) is 3.24. The number of H-pyrrole nitrogens is 1. The van der Waals surface area contributed by atoms with Crippen molar-refractivity contribution in [2.45, 2.75) is 0 Å². The summed E-state index contributed by atoms with van der Waals surface area (Å²) in [6, 6.07) is 9.89. The highest BCUT2D eigenvalue weighted by molar-refractivity contribution is 6.37. The Bertz CT molecular complexity index is 737. The Hall–Kier alpha value is -2.05. The molecule has 76 valence electrons. The Morgan fingerprint density at radius 1 is 1.31 bits per heavy atom. The van der Waals surface area contributed by atoms with Gasteiger partial charge in [0.05, 0.1) is 11.1 Å². The lowest BCUT2D eigenvalue weighted by Crippen LogP contribution is -1.82. The van der Waals surface area contributed by atoms with E-state index < -0.39 is 0 Å². The fraction of sp³-hybridized carbons (Fsp3) is 0. The molecule has 0 radical (unpaired) electrons. The van der Waals surface area contributed by atoms with Crippen molar-refractivity contribution in [1.82, 2.24) is 9.97 Å². The van der Waals surface area contributed by atoms with E-state index in [4.69, 9.17) is 16.9 Å². The van der Waals surface area contributed by atoms with Crippen LogP contribution < -0.4 is 0 Å². The summed E-state index contributed by atoms with van der Waals surface area (Å²) in [6.45, 7) is 0. The molecular formula is C12H6ClN3. The molecule has 16 heavy (non-hydrogen) atoms. The molecule has 0 saturated carbocycles. The van der Waals surface area contributed by atoms with Gasteiger partial charge in [-0.1, -0.05) is 29.8 Å². The maximum absolute atomic E-state index is 9.00. The molecule has 0 saturated heterocycles. The van der Waals surface area contributed by atoms with Gasteiger partial charge >= 0.3 is 0 Å². The molecule has 0 atom stereocenters. The summed E-state index contributed by atoms with van der Waals surface area (Å²) in [5, 5.41) is 11.2. The number of fused-ring (bicyclic) bond motifs is 3. The van der Waals surface area contributed by atoms with E-state index in [0.717, 1.165) is 21.8 Å². The minimum atomic E-state index is 0.423. The number of rotatable bonds is 0. The molecule has 0 aliphatic carbocycles. The van der Waals surface area contributed by atoms with Gasteiger partial charge in [-0.2, -0.15) is 5.26 Å². The summed E-state index contributed by atoms with van der Waals surface area (Å²) < 4.78 is 0. The largest absolute Gasteiger partial charge is 0.353 e. The van der Waals surface area contributed by atoms with Crippen LogP contribution in [0.5, 0.6) is 0 Å². The molecule has 4 heteroatoms. The zero-order valence-corrected chi connectivity index (χ0v) is 8.92. The molecule has 0 unspecified atom stereocenters. The van der Waals surface area contributed by atoms with Gasteiger partial charge in [0.15, 0.2) is 0 Å². The van der Waals surface area contributed by atoms with E-state index in [1.807, 2.05) is 24.3 Å². The van der Waals surface area contributed by atoms with Crippen LogP contribution >= 0.6 is 11.6 Å². The number of benzene rings is 1. The zero-order valence-electron chi connectivity index (χ0n) is 8.16. The van der Waals surface area contributed by atoms with Crippen molar-refractivity contribution in [1.29, 1.82) is 5.26 Å². The quantitative estimate of drug-likeness (QED) is 0.600. The number of aromatic amines is 1. The number of pyridine rings is 1. The Morgan fingerprint density at radius 2 is 2.12 bits per heavy atom. The van der Waals surface area contributed by atoms with Crippen LogP contribution in [0.3, 0.4) is 0 Å². The first-order valence-electron chi connectivity index (χ1n) is 4.76. The van der Waals surface area contributed by atoms with Crippen molar-refractivity contribution < 1.29 is 0 Å². The highest BCUT2D eigenvalue weighted by atomic mass is 35.5. The average Bonchev–Trinajstić information content (AvgIpc) is 2.69. The summed E-state index contributed by atoms with van der Waals surface area (Å²) in [5.74, 6) is 0. The van der Waals surface area contributed by atoms with Gasteiger partial charge in [-0.3, -0.25) is 0 Å². The first-order chi connectivity index (χ1) is 7.81. The zero-order chi connectivity index (χ0) is 11.1. The smallest absolute Gasteiger partial charge is 0.139 e. The van der Waals surface area contributed by atoms with Crippen molar-refractivity contribution in [3.05, 3.63) is 41.2 Å². The molecule has 2 aromatic heterocycles. The van der Waals surface area contributed by atoms with Crippen molar-refractivity contribution >= 4 is 33.4 Å². The van der Waals surface area contributed by atoms with Crippen LogP contribution in [0.15, 0.2) is 30.5 Å². The molecule has 2 heterocycles. The molecule has 0 amide bonds. The van der Waals surface area contributed by atoms with E-state index >= 15 is 0 Å². The van der Waals surface area contributed by atoms with Crippen LogP contribution in [0.25, 0.3) is 21.8 Å². The molecule has 3 nitrogen and oxygen atoms in total. The molecule has 0 aliphatic heterocycles. The molecule has 3 aromatic rings. The highest BCUT2D eigenvalue weighted by Crippen LogP contribution is 2.31. The topological polar surface area (TPSA) is 52.5 Å². The monoisotopic (exact) mass is 227 g/mol. The molecule has 1 aromatic carbocycles. The minimum absolute atomic E-state index is 0.423. The molecule has 0 fully saturated rings. The van der Waals surface area contributed by atoms with E-state index in [-0.39, 0.29) is 0 Å². The second-order valence-electron chi connectivity index (χ2n) is 3.50. The fourth-order valence-corrected chi connectivity index (χ4v) is 2.14. The second kappa shape index (κ2) is 3.22. The first kappa shape index (κ1) is 9.20. The lowest BCUT2D eigenvalue weighted by Gasteiger charge is -1.95. The minimum Gasteiger partial charge on any atom is -0.353 e. The van der Waals surface area contributed by atoms with Crippen molar-refractivity contribution in [3.63, 3.8) is 0 Å². The molecule has 0 aliphatic rings. The fourth-order valence-electron chi connectivity index (χ4n) is 1.89. The Morgan fingerprint density at radius 3 is 2.94 bits per heavy atom. The van der Waals surface area contributed by atoms with E-state index in [9.17, 15) is 0 Å². The molecule has 3 rings (SSSR count). The number of nitrogens with one attached hydrogen (secondary N) is 1. The van der Waals surface area contributed by atoms with Gasteiger partial charge in [-0.05, 0) is 6.07 Å². The van der Waals surface area contributed by atoms with Crippen LogP contribution in [0, 0.1) is 11.3 Å². The van der Waals surface area contributed by atoms with Gasteiger partial charge in [0, 0.05) is 22.5 Å². The van der Waals surface area contributed by atoms with Crippen molar-refractivity contribution in [2.75, 3.05) is 0 Å². The highest BCUT2D eigenvalue weighted by Gasteiger charge is 2.11. The first-order valence-corrected chi connectivity index (χ1v) is 5.14. The molecule has 0 spiro atoms. The SMILES string of the molecule is N#Cc1cnc(Cl)c2c1[nH]c1ccccc12. The number of para-hydroxylation sites is 1. The summed E-state index contributed by atoms with van der Waals surface area (Å²) in [6.07, 6.45) is 1.49. The summed E-state index contributed by atoms with van der Waals surface area (Å²) >= 11 is 6.07. The van der Waals surface area contributed by atoms with Gasteiger partial charge < -0.3 is 4.98 Å². The molecular weight excluding hydrogens is 222 g/mol. The van der Waals surface area contributed by atoms with Gasteiger partial charge in [-0.15, -0.1) is 0 Å². The standard InChI is InChI=1S/C12H6ClN3/c13-12-10-8-3-1-2-4-9(8)16-11(10)7(5-14)6-15-12/h1-4,6,16H. The van der Waals surface area contributed by atoms with E-state index in [0.29, 0.717) is 10.7 Å². The normalized spacial score (nSPS) is 10.8. The maximum atomic E-state index is 9.00. The molecule has 0 bridgehead atoms. The third-order valence-electron chi connectivity index (χ3n) is 2.61. The number of hydrogen-bond acceptors (Lipinski definition) is 2. The van der Waals surface area contributed by atoms with Crippen molar-refractivity contribution in [2.24, 2.45) is 0 Å². The summed E-state index contributed by atoms with van der Waals surface area (Å²) in [4.78, 5) is 7.21. The second-order valence-corrected chi connectivity index (χ2v) is 3.85. The number of aromatic nitrogens is 2. The van der Waals surface area contributed by atoms with Gasteiger partial charge in [0.2, 0.25) is 0 Å². The Labute approximate surface area is 96.3 Å².